The van der Waals surface area contributed by atoms with E-state index in [9.17, 15) is 9.59 Å². The van der Waals surface area contributed by atoms with Crippen LogP contribution in [0.4, 0.5) is 0 Å². The number of hydrogen-bond acceptors (Lipinski definition) is 8. The lowest BCUT2D eigenvalue weighted by Gasteiger charge is -2.05. The first-order valence-electron chi connectivity index (χ1n) is 12.5. The minimum absolute atomic E-state index is 0.392. The minimum atomic E-state index is -0.392. The Labute approximate surface area is 238 Å². The van der Waals surface area contributed by atoms with Crippen molar-refractivity contribution in [1.82, 2.24) is 9.97 Å². The molecule has 0 saturated carbocycles. The summed E-state index contributed by atoms with van der Waals surface area (Å²) < 4.78 is 11.0. The van der Waals surface area contributed by atoms with Crippen LogP contribution in [0.5, 0.6) is 11.5 Å². The van der Waals surface area contributed by atoms with Crippen LogP contribution in [0.2, 0.25) is 0 Å². The van der Waals surface area contributed by atoms with Crippen molar-refractivity contribution in [3.05, 3.63) is 119 Å². The highest BCUT2D eigenvalue weighted by molar-refractivity contribution is 7.29. The summed E-state index contributed by atoms with van der Waals surface area (Å²) in [5.74, 6) is 0.163. The fourth-order valence-electron chi connectivity index (χ4n) is 3.93. The molecule has 0 atom stereocenters. The predicted molar refractivity (Wildman–Crippen MR) is 158 cm³/mol. The average Bonchev–Trinajstić information content (AvgIpc) is 3.54. The minimum Gasteiger partial charge on any atom is -0.423 e. The topological polar surface area (TPSA) is 78.4 Å². The van der Waals surface area contributed by atoms with E-state index < -0.39 is 11.9 Å². The highest BCUT2D eigenvalue weighted by Gasteiger charge is 2.15. The van der Waals surface area contributed by atoms with Crippen molar-refractivity contribution in [2.45, 2.75) is 13.8 Å². The molecule has 6 aromatic rings. The standard InChI is InChI=1S/C32H22N2O4S2/c1-19-3-7-23(8-4-19)31(35)37-25-15-11-21(12-16-25)27-33-29-30(39-27)34-28(40-29)22-13-17-26(18-14-22)38-32(36)24-9-5-20(2)6-10-24/h3-18H,1-2H3. The molecule has 196 valence electrons. The molecule has 6 nitrogen and oxygen atoms in total. The van der Waals surface area contributed by atoms with Gasteiger partial charge in [-0.05, 0) is 86.6 Å². The van der Waals surface area contributed by atoms with Crippen LogP contribution >= 0.6 is 22.7 Å². The third-order valence-electron chi connectivity index (χ3n) is 6.17. The Morgan fingerprint density at radius 3 is 1.23 bits per heavy atom. The van der Waals surface area contributed by atoms with E-state index in [4.69, 9.17) is 19.4 Å². The van der Waals surface area contributed by atoms with Crippen molar-refractivity contribution in [3.8, 4) is 32.6 Å². The van der Waals surface area contributed by atoms with Crippen molar-refractivity contribution in [2.24, 2.45) is 0 Å². The van der Waals surface area contributed by atoms with Crippen LogP contribution in [0.25, 0.3) is 30.8 Å². The van der Waals surface area contributed by atoms with E-state index in [1.807, 2.05) is 62.4 Å². The molecule has 0 amide bonds. The molecule has 0 aliphatic heterocycles. The van der Waals surface area contributed by atoms with Gasteiger partial charge in [0.2, 0.25) is 0 Å². The van der Waals surface area contributed by atoms with E-state index in [-0.39, 0.29) is 0 Å². The number of hydrogen-bond donors (Lipinski definition) is 0. The first kappa shape index (κ1) is 25.6. The number of aromatic nitrogens is 2. The van der Waals surface area contributed by atoms with Gasteiger partial charge in [0.1, 0.15) is 21.5 Å². The lowest BCUT2D eigenvalue weighted by molar-refractivity contribution is 0.0725. The molecule has 6 rings (SSSR count). The lowest BCUT2D eigenvalue weighted by atomic mass is 10.1. The number of nitrogens with zero attached hydrogens (tertiary/aromatic N) is 2. The van der Waals surface area contributed by atoms with Gasteiger partial charge >= 0.3 is 11.9 Å². The van der Waals surface area contributed by atoms with Crippen LogP contribution in [0.3, 0.4) is 0 Å². The van der Waals surface area contributed by atoms with E-state index in [1.165, 1.54) is 22.7 Å². The third-order valence-corrected chi connectivity index (χ3v) is 8.30. The van der Waals surface area contributed by atoms with Gasteiger partial charge in [-0.1, -0.05) is 58.1 Å². The maximum atomic E-state index is 12.4. The van der Waals surface area contributed by atoms with Gasteiger partial charge < -0.3 is 9.47 Å². The SMILES string of the molecule is Cc1ccc(C(=O)Oc2ccc(-c3nc4sc(-c5ccc(OC(=O)c6ccc(C)cc6)cc5)nc4s3)cc2)cc1. The summed E-state index contributed by atoms with van der Waals surface area (Å²) in [5, 5.41) is 1.69. The first-order valence-corrected chi connectivity index (χ1v) is 14.1. The zero-order valence-electron chi connectivity index (χ0n) is 21.6. The highest BCUT2D eigenvalue weighted by atomic mass is 32.1. The molecule has 0 saturated heterocycles. The van der Waals surface area contributed by atoms with E-state index in [0.717, 1.165) is 41.9 Å². The van der Waals surface area contributed by atoms with Crippen LogP contribution < -0.4 is 9.47 Å². The summed E-state index contributed by atoms with van der Waals surface area (Å²) in [6, 6.07) is 29.2. The Hall–Kier alpha value is -4.66. The Morgan fingerprint density at radius 2 is 0.875 bits per heavy atom. The summed E-state index contributed by atoms with van der Waals surface area (Å²) in [7, 11) is 0. The number of benzene rings is 4. The van der Waals surface area contributed by atoms with Crippen molar-refractivity contribution >= 4 is 44.3 Å². The van der Waals surface area contributed by atoms with Crippen molar-refractivity contribution in [2.75, 3.05) is 0 Å². The molecule has 0 radical (unpaired) electrons. The summed E-state index contributed by atoms with van der Waals surface area (Å²) in [4.78, 5) is 36.0. The number of ether oxygens (including phenoxy) is 2. The fourth-order valence-corrected chi connectivity index (χ4v) is 5.98. The van der Waals surface area contributed by atoms with Crippen LogP contribution in [0, 0.1) is 13.8 Å². The summed E-state index contributed by atoms with van der Waals surface area (Å²) in [6.45, 7) is 3.94. The number of fused-ring (bicyclic) bond motifs is 1. The smallest absolute Gasteiger partial charge is 0.343 e. The van der Waals surface area contributed by atoms with Gasteiger partial charge in [-0.15, -0.1) is 0 Å². The zero-order chi connectivity index (χ0) is 27.6. The monoisotopic (exact) mass is 562 g/mol. The molecule has 0 fully saturated rings. The van der Waals surface area contributed by atoms with E-state index in [0.29, 0.717) is 22.6 Å². The number of carbonyl (C=O) groups excluding carboxylic acids is 2. The summed E-state index contributed by atoms with van der Waals surface area (Å²) >= 11 is 3.01. The Bertz CT molecular complexity index is 1660. The molecule has 4 aromatic carbocycles. The number of thiazole rings is 2. The second-order valence-corrected chi connectivity index (χ2v) is 11.2. The maximum Gasteiger partial charge on any atom is 0.343 e. The molecule has 2 heterocycles. The molecule has 0 unspecified atom stereocenters. The molecule has 8 heteroatoms. The first-order chi connectivity index (χ1) is 19.4. The maximum absolute atomic E-state index is 12.4. The van der Waals surface area contributed by atoms with Crippen LogP contribution in [0.1, 0.15) is 31.8 Å². The molecule has 0 N–H and O–H groups in total. The van der Waals surface area contributed by atoms with Crippen molar-refractivity contribution in [3.63, 3.8) is 0 Å². The quantitative estimate of drug-likeness (QED) is 0.151. The Morgan fingerprint density at radius 1 is 0.525 bits per heavy atom. The van der Waals surface area contributed by atoms with Crippen LogP contribution in [-0.4, -0.2) is 21.9 Å². The summed E-state index contributed by atoms with van der Waals surface area (Å²) in [5.41, 5.74) is 5.03. The van der Waals surface area contributed by atoms with Gasteiger partial charge in [0.05, 0.1) is 11.1 Å². The van der Waals surface area contributed by atoms with Gasteiger partial charge in [0.25, 0.3) is 0 Å². The second kappa shape index (κ2) is 10.8. The van der Waals surface area contributed by atoms with Gasteiger partial charge in [-0.25, -0.2) is 19.6 Å². The van der Waals surface area contributed by atoms with Gasteiger partial charge in [-0.2, -0.15) is 0 Å². The number of aryl methyl sites for hydroxylation is 2. The largest absolute Gasteiger partial charge is 0.423 e. The molecule has 2 aromatic heterocycles. The Kier molecular flexibility index (Phi) is 6.94. The third kappa shape index (κ3) is 5.54. The van der Waals surface area contributed by atoms with Gasteiger partial charge in [0.15, 0.2) is 9.66 Å². The summed E-state index contributed by atoms with van der Waals surface area (Å²) in [6.07, 6.45) is 0. The van der Waals surface area contributed by atoms with Crippen LogP contribution in [0.15, 0.2) is 97.1 Å². The van der Waals surface area contributed by atoms with Gasteiger partial charge in [0, 0.05) is 11.1 Å². The number of esters is 2. The molecular formula is C32H22N2O4S2. The Balaban J connectivity index is 1.12. The van der Waals surface area contributed by atoms with E-state index in [2.05, 4.69) is 0 Å². The van der Waals surface area contributed by atoms with E-state index >= 15 is 0 Å². The fraction of sp³-hybridized carbons (Fsp3) is 0.0625. The van der Waals surface area contributed by atoms with Crippen molar-refractivity contribution in [1.29, 1.82) is 0 Å². The number of carbonyl (C=O) groups is 2. The van der Waals surface area contributed by atoms with Crippen molar-refractivity contribution < 1.29 is 19.1 Å². The van der Waals surface area contributed by atoms with E-state index in [1.54, 1.807) is 48.5 Å². The predicted octanol–water partition coefficient (Wildman–Crippen LogP) is 8.14. The normalized spacial score (nSPS) is 10.9. The molecule has 0 aliphatic carbocycles. The average molecular weight is 563 g/mol. The second-order valence-electron chi connectivity index (χ2n) is 9.21. The molecular weight excluding hydrogens is 540 g/mol. The lowest BCUT2D eigenvalue weighted by Crippen LogP contribution is -2.08. The van der Waals surface area contributed by atoms with Crippen LogP contribution in [-0.2, 0) is 0 Å². The molecule has 0 aliphatic rings. The molecule has 40 heavy (non-hydrogen) atoms. The molecule has 0 bridgehead atoms. The molecule has 0 spiro atoms. The number of rotatable bonds is 6. The highest BCUT2D eigenvalue weighted by Crippen LogP contribution is 2.37. The zero-order valence-corrected chi connectivity index (χ0v) is 23.2. The van der Waals surface area contributed by atoms with Gasteiger partial charge in [-0.3, -0.25) is 0 Å².